The van der Waals surface area contributed by atoms with Crippen LogP contribution in [0.3, 0.4) is 0 Å². The predicted octanol–water partition coefficient (Wildman–Crippen LogP) is 12.6. The number of para-hydroxylation sites is 1. The fourth-order valence-corrected chi connectivity index (χ4v) is 7.06. The molecule has 0 N–H and O–H groups in total. The molecular weight excluding hydrogens is 611 g/mol. The number of fused-ring (bicyclic) bond motifs is 6. The van der Waals surface area contributed by atoms with Gasteiger partial charge in [0.05, 0.1) is 16.3 Å². The van der Waals surface area contributed by atoms with Crippen LogP contribution in [0.4, 0.5) is 17.2 Å². The van der Waals surface area contributed by atoms with Crippen LogP contribution in [0.2, 0.25) is 0 Å². The van der Waals surface area contributed by atoms with Crippen molar-refractivity contribution >= 4 is 71.8 Å². The van der Waals surface area contributed by atoms with Crippen LogP contribution in [-0.2, 0) is 0 Å². The van der Waals surface area contributed by atoms with Gasteiger partial charge < -0.3 is 4.42 Å². The summed E-state index contributed by atoms with van der Waals surface area (Å²) in [5.74, 6) is 0.762. The van der Waals surface area contributed by atoms with Crippen LogP contribution in [0, 0.1) is 0 Å². The van der Waals surface area contributed by atoms with E-state index in [-0.39, 0.29) is 0 Å². The van der Waals surface area contributed by atoms with Crippen LogP contribution in [0.5, 0.6) is 0 Å². The Hall–Kier alpha value is -6.78. The standard InChI is InChI=1S/C46H29N3O/c1-3-9-34-27-36(15-13-30(34)7-1)32-17-21-39(22-18-32)49(40-23-19-33(20-24-40)37-16-14-31-8-2-4-10-35(31)28-37)44-26-25-41-42-29-38-11-5-6-12-43(38)47-46(42)50-45(41)48-44/h1-29H. The lowest BCUT2D eigenvalue weighted by atomic mass is 10.0. The van der Waals surface area contributed by atoms with Crippen LogP contribution < -0.4 is 4.90 Å². The molecule has 50 heavy (non-hydrogen) atoms. The van der Waals surface area contributed by atoms with Crippen LogP contribution in [0.15, 0.2) is 180 Å². The van der Waals surface area contributed by atoms with E-state index in [9.17, 15) is 0 Å². The Morgan fingerprint density at radius 1 is 0.360 bits per heavy atom. The Labute approximate surface area is 288 Å². The maximum atomic E-state index is 6.30. The van der Waals surface area contributed by atoms with E-state index in [1.807, 2.05) is 18.2 Å². The van der Waals surface area contributed by atoms with Crippen LogP contribution in [0.1, 0.15) is 0 Å². The van der Waals surface area contributed by atoms with Crippen molar-refractivity contribution in [2.24, 2.45) is 0 Å². The van der Waals surface area contributed by atoms with Gasteiger partial charge in [0.2, 0.25) is 11.4 Å². The third-order valence-electron chi connectivity index (χ3n) is 9.66. The highest BCUT2D eigenvalue weighted by atomic mass is 16.3. The minimum Gasteiger partial charge on any atom is -0.419 e. The van der Waals surface area contributed by atoms with Gasteiger partial charge in [0.25, 0.3) is 0 Å². The monoisotopic (exact) mass is 639 g/mol. The molecule has 10 aromatic rings. The summed E-state index contributed by atoms with van der Waals surface area (Å²) in [4.78, 5) is 12.1. The van der Waals surface area contributed by atoms with E-state index in [1.165, 1.54) is 32.7 Å². The van der Waals surface area contributed by atoms with Gasteiger partial charge in [-0.1, -0.05) is 115 Å². The molecule has 0 amide bonds. The van der Waals surface area contributed by atoms with Crippen molar-refractivity contribution in [3.05, 3.63) is 176 Å². The Balaban J connectivity index is 1.08. The highest BCUT2D eigenvalue weighted by molar-refractivity contribution is 6.07. The molecule has 0 spiro atoms. The summed E-state index contributed by atoms with van der Waals surface area (Å²) in [5, 5.41) is 7.92. The van der Waals surface area contributed by atoms with Crippen molar-refractivity contribution in [2.45, 2.75) is 0 Å². The van der Waals surface area contributed by atoms with Gasteiger partial charge in [-0.25, -0.2) is 4.98 Å². The minimum absolute atomic E-state index is 0.561. The second kappa shape index (κ2) is 11.4. The molecule has 0 unspecified atom stereocenters. The highest BCUT2D eigenvalue weighted by Crippen LogP contribution is 2.38. The molecule has 0 aliphatic rings. The summed E-state index contributed by atoms with van der Waals surface area (Å²) in [6.45, 7) is 0. The Morgan fingerprint density at radius 2 is 0.860 bits per heavy atom. The first-order valence-electron chi connectivity index (χ1n) is 16.8. The average Bonchev–Trinajstić information content (AvgIpc) is 3.53. The number of nitrogens with zero attached hydrogens (tertiary/aromatic N) is 3. The van der Waals surface area contributed by atoms with Gasteiger partial charge in [-0.15, -0.1) is 0 Å². The summed E-state index contributed by atoms with van der Waals surface area (Å²) in [5.41, 5.74) is 8.74. The molecule has 0 atom stereocenters. The van der Waals surface area contributed by atoms with Crippen molar-refractivity contribution in [3.63, 3.8) is 0 Å². The summed E-state index contributed by atoms with van der Waals surface area (Å²) in [6, 6.07) is 62.0. The van der Waals surface area contributed by atoms with E-state index in [1.54, 1.807) is 0 Å². The van der Waals surface area contributed by atoms with Gasteiger partial charge in [-0.05, 0) is 104 Å². The molecule has 3 aromatic heterocycles. The first-order chi connectivity index (χ1) is 24.7. The fraction of sp³-hybridized carbons (Fsp3) is 0. The molecule has 0 radical (unpaired) electrons. The topological polar surface area (TPSA) is 42.2 Å². The molecule has 0 saturated heterocycles. The summed E-state index contributed by atoms with van der Waals surface area (Å²) in [7, 11) is 0. The lowest BCUT2D eigenvalue weighted by Gasteiger charge is -2.24. The number of furan rings is 1. The average molecular weight is 640 g/mol. The van der Waals surface area contributed by atoms with Crippen molar-refractivity contribution in [1.82, 2.24) is 9.97 Å². The fourth-order valence-electron chi connectivity index (χ4n) is 7.06. The second-order valence-electron chi connectivity index (χ2n) is 12.7. The van der Waals surface area contributed by atoms with E-state index >= 15 is 0 Å². The molecule has 0 bridgehead atoms. The van der Waals surface area contributed by atoms with Crippen LogP contribution in [-0.4, -0.2) is 9.97 Å². The van der Waals surface area contributed by atoms with E-state index in [2.05, 4.69) is 163 Å². The molecule has 3 heterocycles. The Kier molecular flexibility index (Phi) is 6.46. The predicted molar refractivity (Wildman–Crippen MR) is 207 cm³/mol. The molecule has 0 aliphatic heterocycles. The van der Waals surface area contributed by atoms with Gasteiger partial charge in [0.15, 0.2) is 0 Å². The number of anilines is 3. The van der Waals surface area contributed by atoms with Crippen molar-refractivity contribution < 1.29 is 4.42 Å². The van der Waals surface area contributed by atoms with Gasteiger partial charge in [0, 0.05) is 16.8 Å². The number of benzene rings is 7. The lowest BCUT2D eigenvalue weighted by molar-refractivity contribution is 0.642. The maximum absolute atomic E-state index is 6.30. The first kappa shape index (κ1) is 28.3. The molecule has 4 heteroatoms. The summed E-state index contributed by atoms with van der Waals surface area (Å²) < 4.78 is 6.30. The van der Waals surface area contributed by atoms with Crippen LogP contribution in [0.25, 0.3) is 76.9 Å². The summed E-state index contributed by atoms with van der Waals surface area (Å²) in [6.07, 6.45) is 0. The van der Waals surface area contributed by atoms with Crippen molar-refractivity contribution in [2.75, 3.05) is 4.90 Å². The Bertz CT molecular complexity index is 2750. The zero-order chi connectivity index (χ0) is 33.0. The third-order valence-corrected chi connectivity index (χ3v) is 9.66. The molecule has 7 aromatic carbocycles. The Morgan fingerprint density at radius 3 is 1.46 bits per heavy atom. The molecule has 4 nitrogen and oxygen atoms in total. The van der Waals surface area contributed by atoms with Gasteiger partial charge in [-0.3, -0.25) is 4.90 Å². The minimum atomic E-state index is 0.561. The van der Waals surface area contributed by atoms with Gasteiger partial charge in [-0.2, -0.15) is 4.98 Å². The molecule has 234 valence electrons. The zero-order valence-electron chi connectivity index (χ0n) is 27.0. The number of pyridine rings is 2. The van der Waals surface area contributed by atoms with E-state index in [4.69, 9.17) is 14.4 Å². The van der Waals surface area contributed by atoms with Crippen molar-refractivity contribution in [1.29, 1.82) is 0 Å². The maximum Gasteiger partial charge on any atom is 0.231 e. The van der Waals surface area contributed by atoms with E-state index in [0.29, 0.717) is 11.4 Å². The number of aromatic nitrogens is 2. The molecule has 10 rings (SSSR count). The first-order valence-corrected chi connectivity index (χ1v) is 16.8. The highest BCUT2D eigenvalue weighted by Gasteiger charge is 2.18. The lowest BCUT2D eigenvalue weighted by Crippen LogP contribution is -2.11. The molecule has 0 aliphatic carbocycles. The van der Waals surface area contributed by atoms with E-state index < -0.39 is 0 Å². The van der Waals surface area contributed by atoms with Crippen molar-refractivity contribution in [3.8, 4) is 22.3 Å². The normalized spacial score (nSPS) is 11.6. The van der Waals surface area contributed by atoms with Gasteiger partial charge >= 0.3 is 0 Å². The number of hydrogen-bond acceptors (Lipinski definition) is 4. The van der Waals surface area contributed by atoms with E-state index in [0.717, 1.165) is 50.0 Å². The second-order valence-corrected chi connectivity index (χ2v) is 12.7. The van der Waals surface area contributed by atoms with Crippen LogP contribution >= 0.6 is 0 Å². The largest absolute Gasteiger partial charge is 0.419 e. The quantitative estimate of drug-likeness (QED) is 0.188. The molecule has 0 fully saturated rings. The van der Waals surface area contributed by atoms with Gasteiger partial charge in [0.1, 0.15) is 5.82 Å². The molecule has 0 saturated carbocycles. The smallest absolute Gasteiger partial charge is 0.231 e. The summed E-state index contributed by atoms with van der Waals surface area (Å²) >= 11 is 0. The molecular formula is C46H29N3O. The third kappa shape index (κ3) is 4.85. The number of rotatable bonds is 5. The zero-order valence-corrected chi connectivity index (χ0v) is 27.0. The number of hydrogen-bond donors (Lipinski definition) is 0. The SMILES string of the molecule is c1ccc2cc(-c3ccc(N(c4ccc(-c5ccc6ccccc6c5)cc4)c4ccc5c(n4)oc4nc6ccccc6cc45)cc3)ccc2c1.